The second-order valence-corrected chi connectivity index (χ2v) is 7.43. The van der Waals surface area contributed by atoms with Crippen molar-refractivity contribution in [2.75, 3.05) is 0 Å². The summed E-state index contributed by atoms with van der Waals surface area (Å²) in [6.45, 7) is 9.50. The number of carboxylic acids is 1. The van der Waals surface area contributed by atoms with Crippen LogP contribution in [0.3, 0.4) is 0 Å². The standard InChI is InChI=1S/C21H22N2O.C2H4O2/c1-12(2)24-15-6-7-19-17(10-15)20-13(3)18-11-23(5)9-8-16(18)14(4)21(20)22-19;1-2(3)4/h6-12H,1-5H3;1H3,(H,3,4). The minimum absolute atomic E-state index is 0.176. The number of ether oxygens (including phenoxy) is 1. The van der Waals surface area contributed by atoms with Crippen molar-refractivity contribution in [3.05, 3.63) is 47.8 Å². The number of benzene rings is 2. The third-order valence-electron chi connectivity index (χ3n) is 4.80. The van der Waals surface area contributed by atoms with Crippen molar-refractivity contribution in [1.82, 2.24) is 4.98 Å². The fourth-order valence-electron chi connectivity index (χ4n) is 3.68. The predicted molar refractivity (Wildman–Crippen MR) is 110 cm³/mol. The van der Waals surface area contributed by atoms with E-state index in [0.717, 1.165) is 18.2 Å². The van der Waals surface area contributed by atoms with Crippen LogP contribution < -0.4 is 14.4 Å². The molecule has 2 heterocycles. The topological polar surface area (TPSA) is 69.0 Å². The number of hydrogen-bond acceptors (Lipinski definition) is 3. The van der Waals surface area contributed by atoms with E-state index in [1.54, 1.807) is 0 Å². The van der Waals surface area contributed by atoms with E-state index in [1.807, 2.05) is 6.07 Å². The Bertz CT molecular complexity index is 1190. The molecule has 0 saturated heterocycles. The Hall–Kier alpha value is -3.08. The second-order valence-electron chi connectivity index (χ2n) is 7.43. The van der Waals surface area contributed by atoms with Crippen LogP contribution in [0, 0.1) is 13.8 Å². The molecule has 1 N–H and O–H groups in total. The van der Waals surface area contributed by atoms with Crippen LogP contribution in [-0.4, -0.2) is 17.1 Å². The zero-order valence-corrected chi connectivity index (χ0v) is 17.2. The highest BCUT2D eigenvalue weighted by molar-refractivity contribution is 6.16. The molecule has 0 aliphatic carbocycles. The number of aromatic amines is 1. The van der Waals surface area contributed by atoms with Gasteiger partial charge in [0, 0.05) is 33.7 Å². The Balaban J connectivity index is 0.000000516. The molecule has 0 amide bonds. The fourth-order valence-corrected chi connectivity index (χ4v) is 3.68. The number of carbonyl (C=O) groups excluding carboxylic acids is 1. The lowest BCUT2D eigenvalue weighted by molar-refractivity contribution is -0.670. The molecular weight excluding hydrogens is 352 g/mol. The van der Waals surface area contributed by atoms with E-state index in [4.69, 9.17) is 14.6 Å². The Morgan fingerprint density at radius 1 is 1.11 bits per heavy atom. The predicted octanol–water partition coefficient (Wildman–Crippen LogP) is 3.46. The summed E-state index contributed by atoms with van der Waals surface area (Å²) >= 11 is 0. The summed E-state index contributed by atoms with van der Waals surface area (Å²) in [6, 6.07) is 8.53. The number of carboxylic acid groups (broad SMARTS) is 1. The van der Waals surface area contributed by atoms with Gasteiger partial charge in [0.2, 0.25) is 0 Å². The average Bonchev–Trinajstić information content (AvgIpc) is 2.98. The number of aryl methyl sites for hydroxylation is 3. The van der Waals surface area contributed by atoms with E-state index < -0.39 is 5.97 Å². The first kappa shape index (κ1) is 19.7. The fraction of sp³-hybridized carbons (Fsp3) is 0.304. The van der Waals surface area contributed by atoms with Crippen molar-refractivity contribution in [3.8, 4) is 5.75 Å². The van der Waals surface area contributed by atoms with Crippen LogP contribution in [0.1, 0.15) is 31.9 Å². The monoisotopic (exact) mass is 378 g/mol. The third kappa shape index (κ3) is 3.65. The highest BCUT2D eigenvalue weighted by Gasteiger charge is 2.16. The van der Waals surface area contributed by atoms with Crippen LogP contribution in [0.15, 0.2) is 36.7 Å². The number of aromatic nitrogens is 2. The number of carbonyl (C=O) groups is 1. The molecule has 0 fully saturated rings. The van der Waals surface area contributed by atoms with Gasteiger partial charge in [-0.3, -0.25) is 0 Å². The molecule has 0 spiro atoms. The van der Waals surface area contributed by atoms with Gasteiger partial charge >= 0.3 is 0 Å². The number of aliphatic carboxylic acids is 1. The molecule has 0 bridgehead atoms. The maximum absolute atomic E-state index is 8.89. The minimum Gasteiger partial charge on any atom is -0.550 e. The molecule has 0 saturated carbocycles. The lowest BCUT2D eigenvalue weighted by Gasteiger charge is -2.10. The summed E-state index contributed by atoms with van der Waals surface area (Å²) < 4.78 is 8.01. The normalized spacial score (nSPS) is 11.1. The molecule has 0 atom stereocenters. The maximum atomic E-state index is 8.89. The van der Waals surface area contributed by atoms with Crippen LogP contribution in [0.25, 0.3) is 32.6 Å². The lowest BCUT2D eigenvalue weighted by Crippen LogP contribution is -2.26. The number of fused-ring (bicyclic) bond motifs is 4. The summed E-state index contributed by atoms with van der Waals surface area (Å²) in [6.07, 6.45) is 4.50. The second kappa shape index (κ2) is 7.50. The van der Waals surface area contributed by atoms with Crippen molar-refractivity contribution in [2.45, 2.75) is 40.7 Å². The van der Waals surface area contributed by atoms with Gasteiger partial charge in [-0.15, -0.1) is 0 Å². The zero-order chi connectivity index (χ0) is 20.6. The zero-order valence-electron chi connectivity index (χ0n) is 17.2. The van der Waals surface area contributed by atoms with E-state index in [0.29, 0.717) is 0 Å². The van der Waals surface area contributed by atoms with Gasteiger partial charge < -0.3 is 19.6 Å². The molecule has 0 radical (unpaired) electrons. The molecule has 4 aromatic rings. The van der Waals surface area contributed by atoms with E-state index in [-0.39, 0.29) is 6.10 Å². The molecule has 5 heteroatoms. The summed E-state index contributed by atoms with van der Waals surface area (Å²) in [5, 5.41) is 14.0. The van der Waals surface area contributed by atoms with E-state index in [1.165, 1.54) is 38.2 Å². The highest BCUT2D eigenvalue weighted by atomic mass is 16.5. The molecule has 2 aromatic heterocycles. The Labute approximate surface area is 164 Å². The molecule has 2 aromatic carbocycles. The molecule has 0 aliphatic rings. The quantitative estimate of drug-likeness (QED) is 0.543. The van der Waals surface area contributed by atoms with Crippen molar-refractivity contribution in [2.24, 2.45) is 7.05 Å². The molecule has 5 nitrogen and oxygen atoms in total. The van der Waals surface area contributed by atoms with Gasteiger partial charge in [0.1, 0.15) is 12.8 Å². The van der Waals surface area contributed by atoms with Crippen LogP contribution in [0.2, 0.25) is 0 Å². The number of nitrogens with zero attached hydrogens (tertiary/aromatic N) is 1. The van der Waals surface area contributed by atoms with Crippen LogP contribution in [0.4, 0.5) is 0 Å². The van der Waals surface area contributed by atoms with Gasteiger partial charge in [0.25, 0.3) is 0 Å². The first-order valence-electron chi connectivity index (χ1n) is 9.37. The molecule has 4 rings (SSSR count). The van der Waals surface area contributed by atoms with Gasteiger partial charge in [-0.1, -0.05) is 0 Å². The van der Waals surface area contributed by atoms with Gasteiger partial charge in [-0.2, -0.15) is 0 Å². The highest BCUT2D eigenvalue weighted by Crippen LogP contribution is 2.37. The lowest BCUT2D eigenvalue weighted by atomic mass is 9.97. The summed E-state index contributed by atoms with van der Waals surface area (Å²) in [5.74, 6) is -0.158. The van der Waals surface area contributed by atoms with Crippen LogP contribution in [-0.2, 0) is 11.8 Å². The number of H-pyrrole nitrogens is 1. The molecule has 0 unspecified atom stereocenters. The number of hydrogen-bond donors (Lipinski definition) is 1. The summed E-state index contributed by atoms with van der Waals surface area (Å²) in [4.78, 5) is 12.5. The smallest absolute Gasteiger partial charge is 0.176 e. The van der Waals surface area contributed by atoms with Gasteiger partial charge in [-0.25, -0.2) is 4.57 Å². The summed E-state index contributed by atoms with van der Waals surface area (Å²) in [7, 11) is 2.07. The molecule has 0 aliphatic heterocycles. The van der Waals surface area contributed by atoms with E-state index >= 15 is 0 Å². The van der Waals surface area contributed by atoms with Crippen LogP contribution >= 0.6 is 0 Å². The van der Waals surface area contributed by atoms with Crippen LogP contribution in [0.5, 0.6) is 5.75 Å². The Morgan fingerprint density at radius 3 is 2.43 bits per heavy atom. The first-order valence-corrected chi connectivity index (χ1v) is 9.37. The Morgan fingerprint density at radius 2 is 1.79 bits per heavy atom. The van der Waals surface area contributed by atoms with E-state index in [2.05, 4.69) is 74.9 Å². The van der Waals surface area contributed by atoms with Gasteiger partial charge in [-0.05, 0) is 69.3 Å². The number of pyridine rings is 1. The minimum atomic E-state index is -1.08. The SMILES string of the molecule is CC(=O)[O-].Cc1c2cc[n+](C)cc2c(C)c2c1[nH]c1ccc(OC(C)C)cc12. The van der Waals surface area contributed by atoms with Gasteiger partial charge in [0.15, 0.2) is 12.4 Å². The van der Waals surface area contributed by atoms with Crippen molar-refractivity contribution in [3.63, 3.8) is 0 Å². The third-order valence-corrected chi connectivity index (χ3v) is 4.80. The first-order chi connectivity index (χ1) is 13.2. The van der Waals surface area contributed by atoms with E-state index in [9.17, 15) is 0 Å². The number of nitrogens with one attached hydrogen (secondary N) is 1. The van der Waals surface area contributed by atoms with Crippen molar-refractivity contribution < 1.29 is 19.2 Å². The van der Waals surface area contributed by atoms with Gasteiger partial charge in [0.05, 0.1) is 11.6 Å². The molecular formula is C23H26N2O3. The number of rotatable bonds is 2. The summed E-state index contributed by atoms with van der Waals surface area (Å²) in [5.41, 5.74) is 5.00. The largest absolute Gasteiger partial charge is 0.550 e. The Kier molecular flexibility index (Phi) is 5.27. The average molecular weight is 378 g/mol. The molecule has 146 valence electrons. The van der Waals surface area contributed by atoms with Crippen molar-refractivity contribution in [1.29, 1.82) is 0 Å². The van der Waals surface area contributed by atoms with Crippen molar-refractivity contribution >= 4 is 38.5 Å². The molecule has 28 heavy (non-hydrogen) atoms. The maximum Gasteiger partial charge on any atom is 0.176 e.